The van der Waals surface area contributed by atoms with Crippen molar-refractivity contribution in [1.29, 1.82) is 0 Å². The van der Waals surface area contributed by atoms with Crippen molar-refractivity contribution in [2.45, 2.75) is 96.4 Å². The van der Waals surface area contributed by atoms with E-state index in [9.17, 15) is 14.4 Å². The van der Waals surface area contributed by atoms with Crippen LogP contribution in [0.15, 0.2) is 0 Å². The maximum atomic E-state index is 12.3. The zero-order valence-electron chi connectivity index (χ0n) is 15.1. The lowest BCUT2D eigenvalue weighted by atomic mass is 10.1. The molecule has 0 spiro atoms. The predicted octanol–water partition coefficient (Wildman–Crippen LogP) is 3.94. The number of hydrogen-bond acceptors (Lipinski definition) is 3. The number of nitrogens with zero attached hydrogens (tertiary/aromatic N) is 1. The van der Waals surface area contributed by atoms with Crippen LogP contribution in [-0.2, 0) is 14.4 Å². The van der Waals surface area contributed by atoms with Gasteiger partial charge in [0.2, 0.25) is 5.78 Å². The number of carbonyl (C=O) groups excluding carboxylic acids is 2. The van der Waals surface area contributed by atoms with Gasteiger partial charge in [-0.15, -0.1) is 0 Å². The van der Waals surface area contributed by atoms with Crippen LogP contribution in [0.2, 0.25) is 0 Å². The second-order valence-electron chi connectivity index (χ2n) is 6.88. The van der Waals surface area contributed by atoms with Crippen LogP contribution >= 0.6 is 0 Å². The summed E-state index contributed by atoms with van der Waals surface area (Å²) < 4.78 is 0. The molecule has 0 radical (unpaired) electrons. The number of aliphatic carboxylic acids is 1. The first-order valence-corrected chi connectivity index (χ1v) is 9.61. The summed E-state index contributed by atoms with van der Waals surface area (Å²) in [6, 6.07) is -0.0730. The van der Waals surface area contributed by atoms with Gasteiger partial charge in [0.15, 0.2) is 0 Å². The first-order chi connectivity index (χ1) is 11.6. The zero-order chi connectivity index (χ0) is 17.8. The minimum atomic E-state index is -0.848. The van der Waals surface area contributed by atoms with Crippen molar-refractivity contribution >= 4 is 17.7 Å². The second kappa shape index (κ2) is 12.0. The van der Waals surface area contributed by atoms with E-state index in [-0.39, 0.29) is 18.2 Å². The fraction of sp³-hybridized carbons (Fsp3) is 0.842. The largest absolute Gasteiger partial charge is 0.481 e. The number of amides is 1. The van der Waals surface area contributed by atoms with Crippen LogP contribution in [0.1, 0.15) is 90.4 Å². The topological polar surface area (TPSA) is 74.7 Å². The Morgan fingerprint density at radius 2 is 1.58 bits per heavy atom. The van der Waals surface area contributed by atoms with Crippen LogP contribution in [0.25, 0.3) is 0 Å². The van der Waals surface area contributed by atoms with Gasteiger partial charge < -0.3 is 10.0 Å². The molecule has 0 aromatic rings. The highest BCUT2D eigenvalue weighted by atomic mass is 16.4. The van der Waals surface area contributed by atoms with E-state index in [1.54, 1.807) is 4.90 Å². The fourth-order valence-corrected chi connectivity index (χ4v) is 3.38. The first-order valence-electron chi connectivity index (χ1n) is 9.61. The smallest absolute Gasteiger partial charge is 0.303 e. The summed E-state index contributed by atoms with van der Waals surface area (Å²) >= 11 is 0. The normalized spacial score (nSPS) is 17.2. The Kier molecular flexibility index (Phi) is 10.4. The van der Waals surface area contributed by atoms with Crippen LogP contribution < -0.4 is 0 Å². The summed E-state index contributed by atoms with van der Waals surface area (Å²) in [6.45, 7) is 2.79. The average molecular weight is 339 g/mol. The highest BCUT2D eigenvalue weighted by Crippen LogP contribution is 2.22. The molecule has 1 rings (SSSR count). The monoisotopic (exact) mass is 339 g/mol. The van der Waals surface area contributed by atoms with Gasteiger partial charge in [-0.3, -0.25) is 14.4 Å². The van der Waals surface area contributed by atoms with Crippen molar-refractivity contribution < 1.29 is 19.5 Å². The Bertz CT molecular complexity index is 408. The van der Waals surface area contributed by atoms with Crippen molar-refractivity contribution in [1.82, 2.24) is 4.90 Å². The summed E-state index contributed by atoms with van der Waals surface area (Å²) in [5, 5.41) is 8.77. The molecule has 1 saturated heterocycles. The van der Waals surface area contributed by atoms with Gasteiger partial charge in [0.1, 0.15) is 0 Å². The number of carboxylic acid groups (broad SMARTS) is 1. The number of Topliss-reactive ketones (excluding diaryl/α,β-unsaturated/α-hetero) is 1. The molecule has 1 unspecified atom stereocenters. The molecular formula is C19H33NO4. The number of hydrogen-bond donors (Lipinski definition) is 1. The molecule has 1 heterocycles. The Hall–Kier alpha value is -1.39. The lowest BCUT2D eigenvalue weighted by molar-refractivity contribution is -0.145. The third kappa shape index (κ3) is 7.93. The fourth-order valence-electron chi connectivity index (χ4n) is 3.38. The van der Waals surface area contributed by atoms with E-state index in [4.69, 9.17) is 5.11 Å². The second-order valence-corrected chi connectivity index (χ2v) is 6.88. The maximum Gasteiger partial charge on any atom is 0.303 e. The summed E-state index contributed by atoms with van der Waals surface area (Å²) in [5.41, 5.74) is 0. The van der Waals surface area contributed by atoms with Crippen LogP contribution in [0.5, 0.6) is 0 Å². The summed E-state index contributed by atoms with van der Waals surface area (Å²) in [7, 11) is 0. The quantitative estimate of drug-likeness (QED) is 0.407. The lowest BCUT2D eigenvalue weighted by Gasteiger charge is -2.23. The molecule has 1 amide bonds. The molecule has 0 saturated carbocycles. The lowest BCUT2D eigenvalue weighted by Crippen LogP contribution is -2.40. The molecule has 138 valence electrons. The SMILES string of the molecule is CCCCCCCCCCC(=O)C(=O)N1CCCC1CCC(=O)O. The van der Waals surface area contributed by atoms with Crippen LogP contribution in [0.4, 0.5) is 0 Å². The van der Waals surface area contributed by atoms with Gasteiger partial charge in [0.25, 0.3) is 5.91 Å². The molecule has 24 heavy (non-hydrogen) atoms. The van der Waals surface area contributed by atoms with Gasteiger partial charge in [-0.2, -0.15) is 0 Å². The van der Waals surface area contributed by atoms with E-state index in [0.29, 0.717) is 19.4 Å². The average Bonchev–Trinajstić information content (AvgIpc) is 3.03. The maximum absolute atomic E-state index is 12.3. The molecule has 0 aliphatic carbocycles. The summed E-state index contributed by atoms with van der Waals surface area (Å²) in [4.78, 5) is 36.6. The predicted molar refractivity (Wildman–Crippen MR) is 93.8 cm³/mol. The number of rotatable bonds is 13. The van der Waals surface area contributed by atoms with Crippen molar-refractivity contribution in [3.8, 4) is 0 Å². The molecule has 1 aliphatic heterocycles. The number of carboxylic acids is 1. The van der Waals surface area contributed by atoms with Gasteiger partial charge >= 0.3 is 5.97 Å². The minimum Gasteiger partial charge on any atom is -0.481 e. The zero-order valence-corrected chi connectivity index (χ0v) is 15.1. The van der Waals surface area contributed by atoms with Crippen LogP contribution in [0, 0.1) is 0 Å². The van der Waals surface area contributed by atoms with E-state index in [1.165, 1.54) is 32.1 Å². The standard InChI is InChI=1S/C19H33NO4/c1-2-3-4-5-6-7-8-9-12-17(21)19(24)20-15-10-11-16(20)13-14-18(22)23/h16H,2-15H2,1H3,(H,22,23). The van der Waals surface area contributed by atoms with E-state index in [0.717, 1.165) is 32.1 Å². The van der Waals surface area contributed by atoms with Gasteiger partial charge in [-0.05, 0) is 25.7 Å². The minimum absolute atomic E-state index is 0.0562. The molecular weight excluding hydrogens is 306 g/mol. The summed E-state index contributed by atoms with van der Waals surface area (Å²) in [6.07, 6.45) is 11.8. The highest BCUT2D eigenvalue weighted by molar-refractivity contribution is 6.36. The molecule has 0 bridgehead atoms. The van der Waals surface area contributed by atoms with Crippen LogP contribution in [-0.4, -0.2) is 40.3 Å². The molecule has 0 aromatic heterocycles. The van der Waals surface area contributed by atoms with Crippen molar-refractivity contribution in [3.05, 3.63) is 0 Å². The Morgan fingerprint density at radius 3 is 2.21 bits per heavy atom. The van der Waals surface area contributed by atoms with E-state index < -0.39 is 11.9 Å². The van der Waals surface area contributed by atoms with Gasteiger partial charge in [-0.25, -0.2) is 0 Å². The van der Waals surface area contributed by atoms with E-state index in [2.05, 4.69) is 6.92 Å². The first kappa shape index (κ1) is 20.7. The third-order valence-electron chi connectivity index (χ3n) is 4.83. The molecule has 5 heteroatoms. The van der Waals surface area contributed by atoms with Crippen molar-refractivity contribution in [2.24, 2.45) is 0 Å². The molecule has 5 nitrogen and oxygen atoms in total. The number of likely N-dealkylation sites (tertiary alicyclic amines) is 1. The van der Waals surface area contributed by atoms with E-state index in [1.807, 2.05) is 0 Å². The van der Waals surface area contributed by atoms with Gasteiger partial charge in [0.05, 0.1) is 0 Å². The molecule has 1 atom stereocenters. The number of unbranched alkanes of at least 4 members (excludes halogenated alkanes) is 7. The summed E-state index contributed by atoms with van der Waals surface area (Å²) in [5.74, 6) is -1.55. The number of ketones is 1. The molecule has 1 aliphatic rings. The third-order valence-corrected chi connectivity index (χ3v) is 4.83. The Labute approximate surface area is 145 Å². The molecule has 1 fully saturated rings. The van der Waals surface area contributed by atoms with Gasteiger partial charge in [0, 0.05) is 25.4 Å². The van der Waals surface area contributed by atoms with Gasteiger partial charge in [-0.1, -0.05) is 51.9 Å². The number of carbonyl (C=O) groups is 3. The Morgan fingerprint density at radius 1 is 0.958 bits per heavy atom. The van der Waals surface area contributed by atoms with Crippen molar-refractivity contribution in [3.63, 3.8) is 0 Å². The van der Waals surface area contributed by atoms with Crippen LogP contribution in [0.3, 0.4) is 0 Å². The highest BCUT2D eigenvalue weighted by Gasteiger charge is 2.31. The molecule has 1 N–H and O–H groups in total. The van der Waals surface area contributed by atoms with E-state index >= 15 is 0 Å². The molecule has 0 aromatic carbocycles. The Balaban J connectivity index is 2.19. The van der Waals surface area contributed by atoms with Crippen molar-refractivity contribution in [2.75, 3.05) is 6.54 Å².